The Hall–Kier alpha value is -3.60. The van der Waals surface area contributed by atoms with Crippen LogP contribution in [0, 0.1) is 5.82 Å². The summed E-state index contributed by atoms with van der Waals surface area (Å²) in [5.41, 5.74) is 3.52. The highest BCUT2D eigenvalue weighted by Crippen LogP contribution is 2.34. The van der Waals surface area contributed by atoms with Crippen molar-refractivity contribution in [2.24, 2.45) is 9.98 Å². The molecule has 4 nitrogen and oxygen atoms in total. The van der Waals surface area contributed by atoms with Crippen LogP contribution in [0.4, 0.5) is 15.8 Å². The predicted molar refractivity (Wildman–Crippen MR) is 109 cm³/mol. The van der Waals surface area contributed by atoms with Crippen molar-refractivity contribution >= 4 is 28.8 Å². The number of hydrogen-bond acceptors (Lipinski definition) is 3. The molecule has 4 rings (SSSR count). The Kier molecular flexibility index (Phi) is 4.81. The van der Waals surface area contributed by atoms with Crippen molar-refractivity contribution in [3.8, 4) is 0 Å². The molecule has 1 aliphatic rings. The van der Waals surface area contributed by atoms with Gasteiger partial charge in [0.1, 0.15) is 11.7 Å². The van der Waals surface area contributed by atoms with Gasteiger partial charge in [0.05, 0.1) is 17.3 Å². The molecule has 28 heavy (non-hydrogen) atoms. The summed E-state index contributed by atoms with van der Waals surface area (Å²) in [5, 5.41) is 2.95. The third-order valence-corrected chi connectivity index (χ3v) is 4.59. The van der Waals surface area contributed by atoms with Gasteiger partial charge < -0.3 is 5.32 Å². The second-order valence-electron chi connectivity index (χ2n) is 6.54. The second-order valence-corrected chi connectivity index (χ2v) is 6.54. The molecule has 1 atom stereocenters. The molecule has 0 fully saturated rings. The number of benzene rings is 3. The molecule has 138 valence electrons. The number of nitrogens with one attached hydrogen (secondary N) is 1. The summed E-state index contributed by atoms with van der Waals surface area (Å²) in [6, 6.07) is 22.7. The van der Waals surface area contributed by atoms with Gasteiger partial charge in [0.15, 0.2) is 0 Å². The number of hydrogen-bond donors (Lipinski definition) is 1. The van der Waals surface area contributed by atoms with Gasteiger partial charge in [0, 0.05) is 11.3 Å². The highest BCUT2D eigenvalue weighted by atomic mass is 19.1. The van der Waals surface area contributed by atoms with Crippen LogP contribution in [0.2, 0.25) is 0 Å². The van der Waals surface area contributed by atoms with Crippen molar-refractivity contribution in [1.82, 2.24) is 5.32 Å². The molecule has 0 radical (unpaired) electrons. The summed E-state index contributed by atoms with van der Waals surface area (Å²) in [6.45, 7) is 1.89. The summed E-state index contributed by atoms with van der Waals surface area (Å²) in [7, 11) is 0. The quantitative estimate of drug-likeness (QED) is 0.663. The lowest BCUT2D eigenvalue weighted by atomic mass is 9.93. The minimum Gasteiger partial charge on any atom is -0.309 e. The zero-order valence-electron chi connectivity index (χ0n) is 15.3. The van der Waals surface area contributed by atoms with Crippen LogP contribution in [-0.4, -0.2) is 17.5 Å². The molecule has 1 N–H and O–H groups in total. The summed E-state index contributed by atoms with van der Waals surface area (Å²) >= 11 is 0. The minimum atomic E-state index is -0.388. The summed E-state index contributed by atoms with van der Waals surface area (Å²) in [6.07, 6.45) is 0. The molecule has 0 spiro atoms. The van der Waals surface area contributed by atoms with Crippen LogP contribution in [0.25, 0.3) is 0 Å². The number of rotatable bonds is 2. The summed E-state index contributed by atoms with van der Waals surface area (Å²) in [5.74, 6) is -0.493. The second kappa shape index (κ2) is 7.56. The molecule has 0 aliphatic carbocycles. The lowest BCUT2D eigenvalue weighted by Crippen LogP contribution is -2.37. The van der Waals surface area contributed by atoms with Crippen LogP contribution in [-0.2, 0) is 0 Å². The maximum atomic E-state index is 13.4. The molecular weight excluding hydrogens is 353 g/mol. The van der Waals surface area contributed by atoms with Gasteiger partial charge in [-0.05, 0) is 48.9 Å². The van der Waals surface area contributed by atoms with Crippen molar-refractivity contribution in [3.05, 3.63) is 95.8 Å². The highest BCUT2D eigenvalue weighted by Gasteiger charge is 2.26. The van der Waals surface area contributed by atoms with E-state index in [0.29, 0.717) is 17.1 Å². The Bertz CT molecular complexity index is 1070. The maximum absolute atomic E-state index is 13.4. The van der Waals surface area contributed by atoms with Crippen LogP contribution >= 0.6 is 0 Å². The van der Waals surface area contributed by atoms with E-state index in [9.17, 15) is 9.18 Å². The van der Waals surface area contributed by atoms with Crippen LogP contribution in [0.1, 0.15) is 28.8 Å². The van der Waals surface area contributed by atoms with Crippen LogP contribution in [0.15, 0.2) is 88.8 Å². The molecule has 0 unspecified atom stereocenters. The van der Waals surface area contributed by atoms with Crippen molar-refractivity contribution in [1.29, 1.82) is 0 Å². The fourth-order valence-electron chi connectivity index (χ4n) is 3.23. The third-order valence-electron chi connectivity index (χ3n) is 4.59. The van der Waals surface area contributed by atoms with E-state index in [1.54, 1.807) is 24.3 Å². The van der Waals surface area contributed by atoms with E-state index in [4.69, 9.17) is 9.98 Å². The van der Waals surface area contributed by atoms with E-state index < -0.39 is 0 Å². The Labute approximate surface area is 162 Å². The molecular formula is C23H18FN3O. The monoisotopic (exact) mass is 371 g/mol. The molecule has 0 saturated carbocycles. The van der Waals surface area contributed by atoms with E-state index in [1.807, 2.05) is 49.4 Å². The highest BCUT2D eigenvalue weighted by molar-refractivity contribution is 6.19. The smallest absolute Gasteiger partial charge is 0.256 e. The first-order valence-electron chi connectivity index (χ1n) is 8.96. The normalized spacial score (nSPS) is 15.7. The Balaban J connectivity index is 1.80. The Morgan fingerprint density at radius 2 is 1.46 bits per heavy atom. The molecule has 3 aromatic rings. The van der Waals surface area contributed by atoms with E-state index in [1.165, 1.54) is 12.1 Å². The first kappa shape index (κ1) is 17.8. The van der Waals surface area contributed by atoms with Gasteiger partial charge in [-0.15, -0.1) is 0 Å². The lowest BCUT2D eigenvalue weighted by molar-refractivity contribution is 0.0976. The van der Waals surface area contributed by atoms with Gasteiger partial charge in [-0.25, -0.2) is 9.38 Å². The van der Waals surface area contributed by atoms with Crippen LogP contribution in [0.5, 0.6) is 0 Å². The maximum Gasteiger partial charge on any atom is 0.256 e. The Morgan fingerprint density at radius 1 is 0.857 bits per heavy atom. The van der Waals surface area contributed by atoms with Crippen molar-refractivity contribution < 1.29 is 9.18 Å². The fourth-order valence-corrected chi connectivity index (χ4v) is 3.23. The van der Waals surface area contributed by atoms with Crippen molar-refractivity contribution in [2.75, 3.05) is 0 Å². The van der Waals surface area contributed by atoms with E-state index >= 15 is 0 Å². The number of amidine groups is 1. The number of halogens is 1. The van der Waals surface area contributed by atoms with E-state index in [2.05, 4.69) is 5.32 Å². The van der Waals surface area contributed by atoms with E-state index in [0.717, 1.165) is 17.0 Å². The standard InChI is InChI=1S/C23H18FN3O/c1-15-21(16-11-13-18(24)14-12-16)22(26-20-10-6-5-9-19(20)25-15)27-23(28)17-7-3-2-4-8-17/h2-14,21H,1H3,(H,26,27,28)/t21-/m1/s1. The molecule has 1 amide bonds. The van der Waals surface area contributed by atoms with Gasteiger partial charge in [-0.3, -0.25) is 9.79 Å². The van der Waals surface area contributed by atoms with Crippen molar-refractivity contribution in [2.45, 2.75) is 12.8 Å². The minimum absolute atomic E-state index is 0.251. The SMILES string of the molecule is CC1=Nc2ccccc2N=C(NC(=O)c2ccccc2)[C@H]1c1ccc(F)cc1. The largest absolute Gasteiger partial charge is 0.309 e. The molecule has 0 bridgehead atoms. The molecule has 1 heterocycles. The molecule has 1 aliphatic heterocycles. The number of carbonyl (C=O) groups is 1. The van der Waals surface area contributed by atoms with Gasteiger partial charge in [-0.2, -0.15) is 0 Å². The molecule has 5 heteroatoms. The average Bonchev–Trinajstić information content (AvgIpc) is 2.85. The van der Waals surface area contributed by atoms with Crippen molar-refractivity contribution in [3.63, 3.8) is 0 Å². The molecule has 0 saturated heterocycles. The lowest BCUT2D eigenvalue weighted by Gasteiger charge is -2.19. The topological polar surface area (TPSA) is 53.8 Å². The van der Waals surface area contributed by atoms with E-state index in [-0.39, 0.29) is 17.6 Å². The van der Waals surface area contributed by atoms with Gasteiger partial charge >= 0.3 is 0 Å². The zero-order valence-corrected chi connectivity index (χ0v) is 15.3. The molecule has 0 aromatic heterocycles. The zero-order chi connectivity index (χ0) is 19.5. The first-order chi connectivity index (χ1) is 13.6. The first-order valence-corrected chi connectivity index (χ1v) is 8.96. The van der Waals surface area contributed by atoms with Gasteiger partial charge in [-0.1, -0.05) is 42.5 Å². The molecule has 3 aromatic carbocycles. The van der Waals surface area contributed by atoms with Gasteiger partial charge in [0.25, 0.3) is 5.91 Å². The van der Waals surface area contributed by atoms with Gasteiger partial charge in [0.2, 0.25) is 0 Å². The summed E-state index contributed by atoms with van der Waals surface area (Å²) in [4.78, 5) is 22.2. The third kappa shape index (κ3) is 3.60. The predicted octanol–water partition coefficient (Wildman–Crippen LogP) is 5.18. The number of amides is 1. The number of carbonyl (C=O) groups excluding carboxylic acids is 1. The average molecular weight is 371 g/mol. The number of aliphatic imine (C=N–C) groups is 2. The number of fused-ring (bicyclic) bond motifs is 1. The number of para-hydroxylation sites is 2. The van der Waals surface area contributed by atoms with Crippen LogP contribution in [0.3, 0.4) is 0 Å². The number of nitrogens with zero attached hydrogens (tertiary/aromatic N) is 2. The fraction of sp³-hybridized carbons (Fsp3) is 0.0870. The summed E-state index contributed by atoms with van der Waals surface area (Å²) < 4.78 is 13.4. The Morgan fingerprint density at radius 3 is 2.14 bits per heavy atom. The van der Waals surface area contributed by atoms with Crippen LogP contribution < -0.4 is 5.32 Å².